The molecule has 6 heteroatoms. The highest BCUT2D eigenvalue weighted by Crippen LogP contribution is 2.40. The molecule has 0 bridgehead atoms. The predicted molar refractivity (Wildman–Crippen MR) is 83.6 cm³/mol. The van der Waals surface area contributed by atoms with Gasteiger partial charge in [0.15, 0.2) is 5.82 Å². The zero-order chi connectivity index (χ0) is 14.5. The smallest absolute Gasteiger partial charge is 0.164 e. The van der Waals surface area contributed by atoms with Crippen LogP contribution in [0.2, 0.25) is 0 Å². The number of aromatic nitrogens is 3. The molecule has 22 heavy (non-hydrogen) atoms. The maximum Gasteiger partial charge on any atom is 0.164 e. The Kier molecular flexibility index (Phi) is 2.54. The summed E-state index contributed by atoms with van der Waals surface area (Å²) in [5, 5.41) is 3.49. The first-order valence-corrected chi connectivity index (χ1v) is 7.69. The van der Waals surface area contributed by atoms with Crippen molar-refractivity contribution in [3.63, 3.8) is 0 Å². The summed E-state index contributed by atoms with van der Waals surface area (Å²) in [4.78, 5) is 19.6. The minimum Gasteiger partial charge on any atom is -0.370 e. The average Bonchev–Trinajstić information content (AvgIpc) is 3.10. The fourth-order valence-electron chi connectivity index (χ4n) is 3.81. The number of nitrogens with one attached hydrogen (secondary N) is 1. The van der Waals surface area contributed by atoms with Crippen LogP contribution in [0.15, 0.2) is 36.0 Å². The number of hydrogen-bond acceptors (Lipinski definition) is 6. The van der Waals surface area contributed by atoms with Gasteiger partial charge in [-0.25, -0.2) is 19.9 Å². The third-order valence-corrected chi connectivity index (χ3v) is 4.93. The molecule has 6 nitrogen and oxygen atoms in total. The minimum absolute atomic E-state index is 0.768. The average molecular weight is 292 g/mol. The van der Waals surface area contributed by atoms with Crippen molar-refractivity contribution in [2.75, 3.05) is 31.1 Å². The zero-order valence-corrected chi connectivity index (χ0v) is 12.1. The van der Waals surface area contributed by atoms with Crippen LogP contribution < -0.4 is 10.2 Å². The van der Waals surface area contributed by atoms with Crippen molar-refractivity contribution in [2.24, 2.45) is 16.8 Å². The Balaban J connectivity index is 1.51. The van der Waals surface area contributed by atoms with Gasteiger partial charge in [0.05, 0.1) is 17.0 Å². The fourth-order valence-corrected chi connectivity index (χ4v) is 3.81. The molecule has 0 aromatic carbocycles. The van der Waals surface area contributed by atoms with Crippen LogP contribution in [0.25, 0.3) is 0 Å². The Bertz CT molecular complexity index is 744. The first-order chi connectivity index (χ1) is 10.9. The van der Waals surface area contributed by atoms with E-state index in [1.165, 1.54) is 5.69 Å². The fraction of sp³-hybridized carbons (Fsp3) is 0.375. The van der Waals surface area contributed by atoms with E-state index in [2.05, 4.69) is 36.2 Å². The van der Waals surface area contributed by atoms with Crippen LogP contribution in [-0.4, -0.2) is 46.8 Å². The molecule has 0 radical (unpaired) electrons. The van der Waals surface area contributed by atoms with E-state index in [9.17, 15) is 0 Å². The lowest BCUT2D eigenvalue weighted by atomic mass is 9.98. The van der Waals surface area contributed by atoms with E-state index >= 15 is 0 Å². The molecule has 5 rings (SSSR count). The molecule has 2 aromatic rings. The summed E-state index contributed by atoms with van der Waals surface area (Å²) in [6, 6.07) is 2.12. The molecule has 2 atom stereocenters. The Hall–Kier alpha value is -2.34. The van der Waals surface area contributed by atoms with Gasteiger partial charge in [0, 0.05) is 50.3 Å². The summed E-state index contributed by atoms with van der Waals surface area (Å²) in [6.07, 6.45) is 7.03. The van der Waals surface area contributed by atoms with Gasteiger partial charge >= 0.3 is 0 Å². The Labute approximate surface area is 128 Å². The van der Waals surface area contributed by atoms with Crippen LogP contribution in [0.4, 0.5) is 11.5 Å². The van der Waals surface area contributed by atoms with E-state index in [1.54, 1.807) is 6.33 Å². The summed E-state index contributed by atoms with van der Waals surface area (Å²) >= 11 is 0. The first-order valence-electron chi connectivity index (χ1n) is 7.69. The highest BCUT2D eigenvalue weighted by molar-refractivity contribution is 6.24. The zero-order valence-electron chi connectivity index (χ0n) is 12.1. The number of aliphatic imine (C=N–C) groups is 1. The van der Waals surface area contributed by atoms with E-state index in [0.717, 1.165) is 60.7 Å². The largest absolute Gasteiger partial charge is 0.370 e. The molecule has 3 aliphatic rings. The van der Waals surface area contributed by atoms with Crippen molar-refractivity contribution in [3.8, 4) is 0 Å². The summed E-state index contributed by atoms with van der Waals surface area (Å²) < 4.78 is 0. The van der Waals surface area contributed by atoms with Crippen molar-refractivity contribution in [1.29, 1.82) is 0 Å². The predicted octanol–water partition coefficient (Wildman–Crippen LogP) is 1.01. The minimum atomic E-state index is 0.768. The van der Waals surface area contributed by atoms with E-state index in [4.69, 9.17) is 0 Å². The van der Waals surface area contributed by atoms with Gasteiger partial charge in [-0.3, -0.25) is 0 Å². The molecule has 2 fully saturated rings. The van der Waals surface area contributed by atoms with Crippen LogP contribution in [0.5, 0.6) is 0 Å². The third-order valence-electron chi connectivity index (χ3n) is 4.93. The molecular formula is C16H16N6. The molecular weight excluding hydrogens is 276 g/mol. The summed E-state index contributed by atoms with van der Waals surface area (Å²) in [5.41, 5.74) is 4.35. The lowest BCUT2D eigenvalue weighted by Gasteiger charge is -2.27. The monoisotopic (exact) mass is 292 g/mol. The molecule has 0 amide bonds. The van der Waals surface area contributed by atoms with Gasteiger partial charge in [-0.2, -0.15) is 0 Å². The Morgan fingerprint density at radius 1 is 1.09 bits per heavy atom. The highest BCUT2D eigenvalue weighted by Gasteiger charge is 2.38. The van der Waals surface area contributed by atoms with Gasteiger partial charge in [-0.05, 0) is 17.9 Å². The van der Waals surface area contributed by atoms with E-state index < -0.39 is 0 Å². The molecule has 0 spiro atoms. The molecule has 2 unspecified atom stereocenters. The van der Waals surface area contributed by atoms with Crippen molar-refractivity contribution >= 4 is 17.2 Å². The normalized spacial score (nSPS) is 25.5. The molecule has 2 saturated heterocycles. The van der Waals surface area contributed by atoms with Crippen molar-refractivity contribution < 1.29 is 0 Å². The Morgan fingerprint density at radius 2 is 1.86 bits per heavy atom. The number of pyridine rings is 1. The summed E-state index contributed by atoms with van der Waals surface area (Å²) in [7, 11) is 0. The second kappa shape index (κ2) is 4.58. The molecule has 0 saturated carbocycles. The van der Waals surface area contributed by atoms with Crippen LogP contribution in [0.3, 0.4) is 0 Å². The highest BCUT2D eigenvalue weighted by atomic mass is 15.2. The molecule has 1 N–H and O–H groups in total. The van der Waals surface area contributed by atoms with Gasteiger partial charge in [0.2, 0.25) is 0 Å². The summed E-state index contributed by atoms with van der Waals surface area (Å²) in [6.45, 7) is 4.52. The third kappa shape index (κ3) is 1.70. The van der Waals surface area contributed by atoms with E-state index in [-0.39, 0.29) is 0 Å². The van der Waals surface area contributed by atoms with E-state index in [0.29, 0.717) is 0 Å². The van der Waals surface area contributed by atoms with Gasteiger partial charge in [0.1, 0.15) is 6.33 Å². The van der Waals surface area contributed by atoms with Gasteiger partial charge in [-0.1, -0.05) is 0 Å². The molecule has 5 heterocycles. The van der Waals surface area contributed by atoms with Crippen molar-refractivity contribution in [3.05, 3.63) is 42.1 Å². The maximum absolute atomic E-state index is 4.55. The number of fused-ring (bicyclic) bond motifs is 2. The van der Waals surface area contributed by atoms with Crippen molar-refractivity contribution in [2.45, 2.75) is 0 Å². The van der Waals surface area contributed by atoms with Gasteiger partial charge in [0.25, 0.3) is 0 Å². The van der Waals surface area contributed by atoms with Crippen LogP contribution >= 0.6 is 0 Å². The van der Waals surface area contributed by atoms with Crippen LogP contribution in [-0.2, 0) is 0 Å². The topological polar surface area (TPSA) is 66.3 Å². The SMILES string of the molecule is c1ncc(C2=Nc3nccc(N4CC5CNCC5C4)c32)cn1. The lowest BCUT2D eigenvalue weighted by molar-refractivity contribution is 0.533. The van der Waals surface area contributed by atoms with Gasteiger partial charge in [-0.15, -0.1) is 0 Å². The maximum atomic E-state index is 4.55. The second-order valence-electron chi connectivity index (χ2n) is 6.20. The molecule has 3 aliphatic heterocycles. The first kappa shape index (κ1) is 12.2. The van der Waals surface area contributed by atoms with Crippen LogP contribution in [0, 0.1) is 11.8 Å². The standard InChI is InChI=1S/C16H16N6/c1-2-20-16-14(15(21-16)10-3-18-9-19-4-10)13(1)22-7-11-5-17-6-12(11)8-22/h1-4,9,11-12,17H,5-8H2. The Morgan fingerprint density at radius 3 is 2.64 bits per heavy atom. The number of nitrogens with zero attached hydrogens (tertiary/aromatic N) is 5. The summed E-state index contributed by atoms with van der Waals surface area (Å²) in [5.74, 6) is 2.38. The number of rotatable bonds is 2. The lowest BCUT2D eigenvalue weighted by Crippen LogP contribution is -2.28. The van der Waals surface area contributed by atoms with E-state index in [1.807, 2.05) is 18.6 Å². The molecule has 110 valence electrons. The van der Waals surface area contributed by atoms with Gasteiger partial charge < -0.3 is 10.2 Å². The molecule has 0 aliphatic carbocycles. The quantitative estimate of drug-likeness (QED) is 0.763. The number of anilines is 1. The number of hydrogen-bond donors (Lipinski definition) is 1. The van der Waals surface area contributed by atoms with Crippen molar-refractivity contribution in [1.82, 2.24) is 20.3 Å². The second-order valence-corrected chi connectivity index (χ2v) is 6.20. The van der Waals surface area contributed by atoms with Crippen LogP contribution in [0.1, 0.15) is 11.1 Å². The molecule has 2 aromatic heterocycles.